The Morgan fingerprint density at radius 3 is 1.71 bits per heavy atom. The molecule has 0 radical (unpaired) electrons. The average Bonchev–Trinajstić information content (AvgIpc) is 3.48. The molecular weight excluding hydrogens is 342 g/mol. The van der Waals surface area contributed by atoms with Gasteiger partial charge in [0.05, 0.1) is 5.41 Å². The normalized spacial score (nSPS) is 14.7. The van der Waals surface area contributed by atoms with Crippen LogP contribution in [-0.2, 0) is 4.79 Å². The molecule has 0 aliphatic heterocycles. The second-order valence-electron chi connectivity index (χ2n) is 8.14. The van der Waals surface area contributed by atoms with Gasteiger partial charge < -0.3 is 5.32 Å². The Morgan fingerprint density at radius 2 is 1.29 bits per heavy atom. The second-order valence-corrected chi connectivity index (χ2v) is 8.14. The molecule has 1 N–H and O–H groups in total. The molecule has 1 fully saturated rings. The van der Waals surface area contributed by atoms with Crippen LogP contribution in [-0.4, -0.2) is 5.91 Å². The van der Waals surface area contributed by atoms with Crippen molar-refractivity contribution in [2.45, 2.75) is 39.5 Å². The number of carbonyl (C=O) groups is 1. The lowest BCUT2D eigenvalue weighted by atomic mass is 9.77. The maximum atomic E-state index is 13.6. The SMILES string of the molecule is Cc1cc(C)c(NC(=O)C2(C(c3ccccc3)c3ccccc3)CC2)c(C)c1. The molecule has 2 heteroatoms. The van der Waals surface area contributed by atoms with E-state index in [1.807, 2.05) is 12.1 Å². The summed E-state index contributed by atoms with van der Waals surface area (Å²) in [5.74, 6) is 0.209. The highest BCUT2D eigenvalue weighted by atomic mass is 16.2. The number of carbonyl (C=O) groups excluding carboxylic acids is 1. The Labute approximate surface area is 167 Å². The van der Waals surface area contributed by atoms with Crippen LogP contribution < -0.4 is 5.32 Å². The quantitative estimate of drug-likeness (QED) is 0.573. The molecule has 0 spiro atoms. The molecule has 0 bridgehead atoms. The highest BCUT2D eigenvalue weighted by Crippen LogP contribution is 2.59. The molecule has 0 unspecified atom stereocenters. The van der Waals surface area contributed by atoms with E-state index in [0.717, 1.165) is 29.7 Å². The number of amides is 1. The van der Waals surface area contributed by atoms with Crippen LogP contribution >= 0.6 is 0 Å². The van der Waals surface area contributed by atoms with Crippen LogP contribution in [0.1, 0.15) is 46.6 Å². The second kappa shape index (κ2) is 7.27. The van der Waals surface area contributed by atoms with E-state index in [0.29, 0.717) is 0 Å². The summed E-state index contributed by atoms with van der Waals surface area (Å²) in [4.78, 5) is 13.6. The molecule has 1 saturated carbocycles. The lowest BCUT2D eigenvalue weighted by Gasteiger charge is -2.28. The summed E-state index contributed by atoms with van der Waals surface area (Å²) >= 11 is 0. The smallest absolute Gasteiger partial charge is 0.231 e. The number of nitrogens with one attached hydrogen (secondary N) is 1. The summed E-state index contributed by atoms with van der Waals surface area (Å²) < 4.78 is 0. The third-order valence-electron chi connectivity index (χ3n) is 5.97. The highest BCUT2D eigenvalue weighted by Gasteiger charge is 2.56. The zero-order valence-corrected chi connectivity index (χ0v) is 16.8. The summed E-state index contributed by atoms with van der Waals surface area (Å²) in [6, 6.07) is 25.2. The van der Waals surface area contributed by atoms with Crippen molar-refractivity contribution in [2.75, 3.05) is 5.32 Å². The van der Waals surface area contributed by atoms with Crippen molar-refractivity contribution in [1.82, 2.24) is 0 Å². The first-order chi connectivity index (χ1) is 13.5. The molecule has 1 aliphatic rings. The third-order valence-corrected chi connectivity index (χ3v) is 5.97. The molecule has 1 aliphatic carbocycles. The maximum Gasteiger partial charge on any atom is 0.231 e. The summed E-state index contributed by atoms with van der Waals surface area (Å²) in [5, 5.41) is 3.29. The Balaban J connectivity index is 1.72. The van der Waals surface area contributed by atoms with Crippen LogP contribution in [0.25, 0.3) is 0 Å². The van der Waals surface area contributed by atoms with Crippen molar-refractivity contribution in [1.29, 1.82) is 0 Å². The molecule has 3 aromatic carbocycles. The van der Waals surface area contributed by atoms with Gasteiger partial charge in [-0.05, 0) is 55.9 Å². The first-order valence-electron chi connectivity index (χ1n) is 10.0. The van der Waals surface area contributed by atoms with Gasteiger partial charge in [-0.1, -0.05) is 78.4 Å². The molecule has 0 aromatic heterocycles. The predicted molar refractivity (Wildman–Crippen MR) is 116 cm³/mol. The molecule has 28 heavy (non-hydrogen) atoms. The van der Waals surface area contributed by atoms with Crippen LogP contribution in [0.5, 0.6) is 0 Å². The van der Waals surface area contributed by atoms with Gasteiger partial charge in [-0.3, -0.25) is 4.79 Å². The molecule has 142 valence electrons. The minimum atomic E-state index is -0.382. The van der Waals surface area contributed by atoms with Crippen LogP contribution in [0.2, 0.25) is 0 Å². The molecule has 3 aromatic rings. The first-order valence-corrected chi connectivity index (χ1v) is 10.0. The van der Waals surface area contributed by atoms with E-state index in [1.54, 1.807) is 0 Å². The lowest BCUT2D eigenvalue weighted by molar-refractivity contribution is -0.121. The van der Waals surface area contributed by atoms with Gasteiger partial charge in [0.1, 0.15) is 0 Å². The minimum Gasteiger partial charge on any atom is -0.325 e. The van der Waals surface area contributed by atoms with Crippen LogP contribution in [0.15, 0.2) is 72.8 Å². The summed E-state index contributed by atoms with van der Waals surface area (Å²) in [5.41, 5.74) is 6.46. The number of hydrogen-bond acceptors (Lipinski definition) is 1. The number of hydrogen-bond donors (Lipinski definition) is 1. The zero-order valence-electron chi connectivity index (χ0n) is 16.8. The molecule has 2 nitrogen and oxygen atoms in total. The fourth-order valence-corrected chi connectivity index (χ4v) is 4.52. The van der Waals surface area contributed by atoms with Gasteiger partial charge in [0, 0.05) is 11.6 Å². The van der Waals surface area contributed by atoms with Gasteiger partial charge in [-0.2, -0.15) is 0 Å². The van der Waals surface area contributed by atoms with E-state index in [-0.39, 0.29) is 17.2 Å². The van der Waals surface area contributed by atoms with E-state index in [1.165, 1.54) is 16.7 Å². The molecule has 0 atom stereocenters. The van der Waals surface area contributed by atoms with E-state index in [2.05, 4.69) is 86.8 Å². The number of benzene rings is 3. The topological polar surface area (TPSA) is 29.1 Å². The van der Waals surface area contributed by atoms with Crippen molar-refractivity contribution in [3.8, 4) is 0 Å². The maximum absolute atomic E-state index is 13.6. The number of anilines is 1. The third kappa shape index (κ3) is 3.35. The minimum absolute atomic E-state index is 0.0703. The van der Waals surface area contributed by atoms with Crippen LogP contribution in [0.4, 0.5) is 5.69 Å². The summed E-state index contributed by atoms with van der Waals surface area (Å²) in [6.07, 6.45) is 1.83. The van der Waals surface area contributed by atoms with Gasteiger partial charge in [0.2, 0.25) is 5.91 Å². The highest BCUT2D eigenvalue weighted by molar-refractivity contribution is 5.99. The van der Waals surface area contributed by atoms with E-state index >= 15 is 0 Å². The molecule has 4 rings (SSSR count). The zero-order chi connectivity index (χ0) is 19.7. The molecule has 0 saturated heterocycles. The largest absolute Gasteiger partial charge is 0.325 e. The van der Waals surface area contributed by atoms with Gasteiger partial charge in [0.15, 0.2) is 0 Å². The first kappa shape index (κ1) is 18.5. The Morgan fingerprint density at radius 1 is 0.821 bits per heavy atom. The van der Waals surface area contributed by atoms with E-state index < -0.39 is 0 Å². The fraction of sp³-hybridized carbons (Fsp3) is 0.269. The van der Waals surface area contributed by atoms with Crippen molar-refractivity contribution in [3.05, 3.63) is 101 Å². The standard InChI is InChI=1S/C26H27NO/c1-18-16-19(2)24(20(3)17-18)27-25(28)26(14-15-26)23(21-10-6-4-7-11-21)22-12-8-5-9-13-22/h4-13,16-17,23H,14-15H2,1-3H3,(H,27,28). The summed E-state index contributed by atoms with van der Waals surface area (Å²) in [7, 11) is 0. The van der Waals surface area contributed by atoms with Gasteiger partial charge >= 0.3 is 0 Å². The van der Waals surface area contributed by atoms with Gasteiger partial charge in [-0.15, -0.1) is 0 Å². The van der Waals surface area contributed by atoms with E-state index in [4.69, 9.17) is 0 Å². The molecular formula is C26H27NO. The lowest BCUT2D eigenvalue weighted by Crippen LogP contribution is -2.31. The molecule has 0 heterocycles. The van der Waals surface area contributed by atoms with Gasteiger partial charge in [0.25, 0.3) is 0 Å². The average molecular weight is 370 g/mol. The Kier molecular flexibility index (Phi) is 4.80. The summed E-state index contributed by atoms with van der Waals surface area (Å²) in [6.45, 7) is 6.23. The van der Waals surface area contributed by atoms with Crippen LogP contribution in [0, 0.1) is 26.2 Å². The van der Waals surface area contributed by atoms with Crippen molar-refractivity contribution < 1.29 is 4.79 Å². The monoisotopic (exact) mass is 369 g/mol. The Hall–Kier alpha value is -2.87. The van der Waals surface area contributed by atoms with E-state index in [9.17, 15) is 4.79 Å². The fourth-order valence-electron chi connectivity index (χ4n) is 4.52. The van der Waals surface area contributed by atoms with Crippen molar-refractivity contribution >= 4 is 11.6 Å². The van der Waals surface area contributed by atoms with Crippen molar-refractivity contribution in [2.24, 2.45) is 5.41 Å². The Bertz CT molecular complexity index is 925. The predicted octanol–water partition coefficient (Wildman–Crippen LogP) is 6.16. The molecule has 1 amide bonds. The number of rotatable bonds is 5. The van der Waals surface area contributed by atoms with Crippen LogP contribution in [0.3, 0.4) is 0 Å². The van der Waals surface area contributed by atoms with Crippen molar-refractivity contribution in [3.63, 3.8) is 0 Å². The number of aryl methyl sites for hydroxylation is 3. The van der Waals surface area contributed by atoms with Gasteiger partial charge in [-0.25, -0.2) is 0 Å².